The average Bonchev–Trinajstić information content (AvgIpc) is 2.80. The van der Waals surface area contributed by atoms with Crippen molar-refractivity contribution in [3.05, 3.63) is 41.4 Å². The SMILES string of the molecule is OCC1(c2csc(-c3ccccc3)n2)COC1. The van der Waals surface area contributed by atoms with Gasteiger partial charge in [0.25, 0.3) is 0 Å². The highest BCUT2D eigenvalue weighted by atomic mass is 32.1. The minimum absolute atomic E-state index is 0.102. The van der Waals surface area contributed by atoms with Crippen LogP contribution in [0.3, 0.4) is 0 Å². The predicted molar refractivity (Wildman–Crippen MR) is 67.1 cm³/mol. The highest BCUT2D eigenvalue weighted by molar-refractivity contribution is 7.13. The largest absolute Gasteiger partial charge is 0.395 e. The summed E-state index contributed by atoms with van der Waals surface area (Å²) in [5.74, 6) is 0. The number of benzene rings is 1. The Kier molecular flexibility index (Phi) is 2.70. The minimum atomic E-state index is -0.260. The predicted octanol–water partition coefficient (Wildman–Crippen LogP) is 2.07. The third-order valence-corrected chi connectivity index (χ3v) is 4.02. The summed E-state index contributed by atoms with van der Waals surface area (Å²) in [7, 11) is 0. The second-order valence-electron chi connectivity index (χ2n) is 4.34. The minimum Gasteiger partial charge on any atom is -0.395 e. The fourth-order valence-electron chi connectivity index (χ4n) is 1.90. The first kappa shape index (κ1) is 10.9. The zero-order chi connectivity index (χ0) is 11.7. The van der Waals surface area contributed by atoms with Crippen LogP contribution in [0.15, 0.2) is 35.7 Å². The van der Waals surface area contributed by atoms with Gasteiger partial charge in [-0.1, -0.05) is 30.3 Å². The summed E-state index contributed by atoms with van der Waals surface area (Å²) in [6.45, 7) is 1.24. The Hall–Kier alpha value is -1.23. The molecular formula is C13H13NO2S. The molecule has 0 atom stereocenters. The lowest BCUT2D eigenvalue weighted by Gasteiger charge is -2.38. The van der Waals surface area contributed by atoms with Gasteiger partial charge in [-0.15, -0.1) is 11.3 Å². The highest BCUT2D eigenvalue weighted by Gasteiger charge is 2.41. The molecule has 0 radical (unpaired) electrons. The Labute approximate surface area is 104 Å². The number of ether oxygens (including phenoxy) is 1. The van der Waals surface area contributed by atoms with E-state index in [0.29, 0.717) is 13.2 Å². The average molecular weight is 247 g/mol. The lowest BCUT2D eigenvalue weighted by Crippen LogP contribution is -2.49. The number of nitrogens with zero attached hydrogens (tertiary/aromatic N) is 1. The van der Waals surface area contributed by atoms with Crippen LogP contribution in [0.1, 0.15) is 5.69 Å². The van der Waals surface area contributed by atoms with Crippen molar-refractivity contribution in [3.63, 3.8) is 0 Å². The third kappa shape index (κ3) is 1.78. The van der Waals surface area contributed by atoms with Crippen LogP contribution < -0.4 is 0 Å². The number of aromatic nitrogens is 1. The van der Waals surface area contributed by atoms with Gasteiger partial charge in [0, 0.05) is 10.9 Å². The number of thiazole rings is 1. The van der Waals surface area contributed by atoms with E-state index in [1.165, 1.54) is 0 Å². The van der Waals surface area contributed by atoms with Crippen LogP contribution in [0.5, 0.6) is 0 Å². The molecule has 1 aromatic carbocycles. The van der Waals surface area contributed by atoms with Crippen LogP contribution in [0.4, 0.5) is 0 Å². The van der Waals surface area contributed by atoms with Crippen molar-refractivity contribution in [3.8, 4) is 10.6 Å². The van der Waals surface area contributed by atoms with Crippen molar-refractivity contribution in [1.29, 1.82) is 0 Å². The number of rotatable bonds is 3. The number of aliphatic hydroxyl groups excluding tert-OH is 1. The molecule has 1 aliphatic heterocycles. The second kappa shape index (κ2) is 4.22. The van der Waals surface area contributed by atoms with Crippen LogP contribution in [-0.2, 0) is 10.2 Å². The molecule has 4 heteroatoms. The Morgan fingerprint density at radius 1 is 1.29 bits per heavy atom. The fourth-order valence-corrected chi connectivity index (χ4v) is 2.85. The van der Waals surface area contributed by atoms with E-state index in [1.54, 1.807) is 11.3 Å². The van der Waals surface area contributed by atoms with Gasteiger partial charge in [0.1, 0.15) is 5.01 Å². The molecule has 1 aliphatic rings. The van der Waals surface area contributed by atoms with Crippen molar-refractivity contribution in [1.82, 2.24) is 4.98 Å². The van der Waals surface area contributed by atoms with Crippen molar-refractivity contribution in [2.75, 3.05) is 19.8 Å². The first-order valence-electron chi connectivity index (χ1n) is 5.54. The maximum atomic E-state index is 9.45. The first-order valence-corrected chi connectivity index (χ1v) is 6.42. The summed E-state index contributed by atoms with van der Waals surface area (Å²) >= 11 is 1.62. The summed E-state index contributed by atoms with van der Waals surface area (Å²) in [5.41, 5.74) is 1.82. The molecule has 0 spiro atoms. The molecule has 3 nitrogen and oxygen atoms in total. The molecule has 1 aromatic heterocycles. The van der Waals surface area contributed by atoms with Crippen LogP contribution in [-0.4, -0.2) is 29.9 Å². The van der Waals surface area contributed by atoms with E-state index in [0.717, 1.165) is 16.3 Å². The maximum Gasteiger partial charge on any atom is 0.123 e. The molecule has 1 N–H and O–H groups in total. The summed E-state index contributed by atoms with van der Waals surface area (Å²) in [4.78, 5) is 4.62. The molecule has 2 heterocycles. The molecule has 0 unspecified atom stereocenters. The van der Waals surface area contributed by atoms with Gasteiger partial charge in [0.05, 0.1) is 30.9 Å². The van der Waals surface area contributed by atoms with Crippen LogP contribution in [0.25, 0.3) is 10.6 Å². The van der Waals surface area contributed by atoms with Crippen LogP contribution in [0, 0.1) is 0 Å². The van der Waals surface area contributed by atoms with Crippen LogP contribution >= 0.6 is 11.3 Å². The molecule has 17 heavy (non-hydrogen) atoms. The van der Waals surface area contributed by atoms with E-state index >= 15 is 0 Å². The standard InChI is InChI=1S/C13H13NO2S/c15-7-13(8-16-9-13)11-6-17-12(14-11)10-4-2-1-3-5-10/h1-6,15H,7-9H2. The quantitative estimate of drug-likeness (QED) is 0.903. The van der Waals surface area contributed by atoms with E-state index in [1.807, 2.05) is 35.7 Å². The van der Waals surface area contributed by atoms with Crippen molar-refractivity contribution >= 4 is 11.3 Å². The normalized spacial score (nSPS) is 17.7. The van der Waals surface area contributed by atoms with Gasteiger partial charge in [0.15, 0.2) is 0 Å². The Morgan fingerprint density at radius 2 is 2.06 bits per heavy atom. The Morgan fingerprint density at radius 3 is 2.65 bits per heavy atom. The smallest absolute Gasteiger partial charge is 0.123 e. The summed E-state index contributed by atoms with van der Waals surface area (Å²) in [5, 5.41) is 12.5. The lowest BCUT2D eigenvalue weighted by atomic mass is 9.84. The molecule has 1 fully saturated rings. The highest BCUT2D eigenvalue weighted by Crippen LogP contribution is 2.34. The van der Waals surface area contributed by atoms with E-state index in [4.69, 9.17) is 4.74 Å². The van der Waals surface area contributed by atoms with E-state index in [2.05, 4.69) is 4.98 Å². The van der Waals surface area contributed by atoms with Gasteiger partial charge in [-0.3, -0.25) is 0 Å². The van der Waals surface area contributed by atoms with Crippen molar-refractivity contribution in [2.24, 2.45) is 0 Å². The monoisotopic (exact) mass is 247 g/mol. The molecule has 88 valence electrons. The van der Waals surface area contributed by atoms with E-state index < -0.39 is 0 Å². The van der Waals surface area contributed by atoms with Crippen molar-refractivity contribution in [2.45, 2.75) is 5.41 Å². The second-order valence-corrected chi connectivity index (χ2v) is 5.19. The number of aliphatic hydroxyl groups is 1. The molecule has 0 aliphatic carbocycles. The molecule has 1 saturated heterocycles. The zero-order valence-electron chi connectivity index (χ0n) is 9.30. The first-order chi connectivity index (χ1) is 8.34. The van der Waals surface area contributed by atoms with Gasteiger partial charge in [0.2, 0.25) is 0 Å². The number of hydrogen-bond donors (Lipinski definition) is 1. The summed E-state index contributed by atoms with van der Waals surface area (Å²) in [6, 6.07) is 10.1. The Bertz CT molecular complexity index is 500. The topological polar surface area (TPSA) is 42.4 Å². The van der Waals surface area contributed by atoms with Gasteiger partial charge in [-0.2, -0.15) is 0 Å². The summed E-state index contributed by atoms with van der Waals surface area (Å²) < 4.78 is 5.20. The molecule has 3 rings (SSSR count). The number of hydrogen-bond acceptors (Lipinski definition) is 4. The molecule has 0 bridgehead atoms. The van der Waals surface area contributed by atoms with E-state index in [9.17, 15) is 5.11 Å². The summed E-state index contributed by atoms with van der Waals surface area (Å²) in [6.07, 6.45) is 0. The lowest BCUT2D eigenvalue weighted by molar-refractivity contribution is -0.0859. The fraction of sp³-hybridized carbons (Fsp3) is 0.308. The molecule has 2 aromatic rings. The van der Waals surface area contributed by atoms with E-state index in [-0.39, 0.29) is 12.0 Å². The Balaban J connectivity index is 1.93. The molecule has 0 amide bonds. The van der Waals surface area contributed by atoms with Gasteiger partial charge in [-0.05, 0) is 0 Å². The van der Waals surface area contributed by atoms with Crippen LogP contribution in [0.2, 0.25) is 0 Å². The van der Waals surface area contributed by atoms with Gasteiger partial charge < -0.3 is 9.84 Å². The maximum absolute atomic E-state index is 9.45. The third-order valence-electron chi connectivity index (χ3n) is 3.13. The van der Waals surface area contributed by atoms with Crippen molar-refractivity contribution < 1.29 is 9.84 Å². The molecular weight excluding hydrogens is 234 g/mol. The van der Waals surface area contributed by atoms with Gasteiger partial charge in [-0.25, -0.2) is 4.98 Å². The van der Waals surface area contributed by atoms with Gasteiger partial charge >= 0.3 is 0 Å². The molecule has 0 saturated carbocycles. The zero-order valence-corrected chi connectivity index (χ0v) is 10.1.